The number of hydrogen-bond acceptors (Lipinski definition) is 4. The molecule has 1 saturated heterocycles. The second kappa shape index (κ2) is 6.20. The van der Waals surface area contributed by atoms with Crippen LogP contribution in [0.1, 0.15) is 24.3 Å². The molecule has 0 saturated carbocycles. The van der Waals surface area contributed by atoms with Crippen LogP contribution in [0.4, 0.5) is 4.39 Å². The Labute approximate surface area is 119 Å². The first kappa shape index (κ1) is 15.4. The number of benzene rings is 1. The molecular weight excluding hydrogens is 281 g/mol. The van der Waals surface area contributed by atoms with Crippen LogP contribution in [-0.2, 0) is 9.84 Å². The molecule has 1 aromatic rings. The average molecular weight is 301 g/mol. The molecule has 0 atom stereocenters. The van der Waals surface area contributed by atoms with E-state index in [9.17, 15) is 12.8 Å². The zero-order valence-electron chi connectivity index (χ0n) is 11.5. The van der Waals surface area contributed by atoms with Gasteiger partial charge in [-0.05, 0) is 43.5 Å². The minimum Gasteiger partial charge on any atom is -0.395 e. The summed E-state index contributed by atoms with van der Waals surface area (Å²) in [6.07, 6.45) is 2.59. The van der Waals surface area contributed by atoms with Crippen molar-refractivity contribution in [3.63, 3.8) is 0 Å². The maximum absolute atomic E-state index is 14.4. The molecule has 0 aromatic heterocycles. The third kappa shape index (κ3) is 3.37. The summed E-state index contributed by atoms with van der Waals surface area (Å²) < 4.78 is 37.5. The Hall–Kier alpha value is -0.980. The molecule has 0 aliphatic carbocycles. The Morgan fingerprint density at radius 2 is 2.00 bits per heavy atom. The van der Waals surface area contributed by atoms with E-state index in [1.807, 2.05) is 0 Å². The van der Waals surface area contributed by atoms with E-state index in [-0.39, 0.29) is 17.4 Å². The Morgan fingerprint density at radius 1 is 1.35 bits per heavy atom. The summed E-state index contributed by atoms with van der Waals surface area (Å²) in [6.45, 7) is 2.36. The third-order valence-electron chi connectivity index (χ3n) is 3.84. The Kier molecular flexibility index (Phi) is 4.78. The first-order valence-electron chi connectivity index (χ1n) is 6.75. The predicted molar refractivity (Wildman–Crippen MR) is 75.0 cm³/mol. The van der Waals surface area contributed by atoms with Crippen molar-refractivity contribution in [1.29, 1.82) is 0 Å². The molecule has 4 nitrogen and oxygen atoms in total. The van der Waals surface area contributed by atoms with E-state index in [4.69, 9.17) is 5.11 Å². The summed E-state index contributed by atoms with van der Waals surface area (Å²) in [4.78, 5) is 1.92. The van der Waals surface area contributed by atoms with E-state index < -0.39 is 15.7 Å². The number of β-amino-alcohol motifs (C(OH)–C–C–N with tert-alkyl or cyclic N) is 1. The zero-order chi connectivity index (χ0) is 14.8. The highest BCUT2D eigenvalue weighted by Gasteiger charge is 2.25. The number of sulfone groups is 1. The van der Waals surface area contributed by atoms with Crippen molar-refractivity contribution in [3.8, 4) is 0 Å². The third-order valence-corrected chi connectivity index (χ3v) is 4.95. The summed E-state index contributed by atoms with van der Waals surface area (Å²) in [6, 6.07) is 4.60. The largest absolute Gasteiger partial charge is 0.395 e. The van der Waals surface area contributed by atoms with Gasteiger partial charge in [0.2, 0.25) is 0 Å². The highest BCUT2D eigenvalue weighted by atomic mass is 32.2. The number of aliphatic hydroxyl groups excluding tert-OH is 1. The van der Waals surface area contributed by atoms with Crippen molar-refractivity contribution in [2.75, 3.05) is 32.5 Å². The minimum atomic E-state index is -3.53. The van der Waals surface area contributed by atoms with E-state index in [0.717, 1.165) is 32.2 Å². The van der Waals surface area contributed by atoms with Gasteiger partial charge in [0, 0.05) is 12.8 Å². The molecular formula is C14H20FNO3S. The van der Waals surface area contributed by atoms with Gasteiger partial charge in [0.05, 0.1) is 6.61 Å². The quantitative estimate of drug-likeness (QED) is 0.913. The number of nitrogens with zero attached hydrogens (tertiary/aromatic N) is 1. The number of likely N-dealkylation sites (tertiary alicyclic amines) is 1. The summed E-state index contributed by atoms with van der Waals surface area (Å²) in [7, 11) is -3.53. The number of hydrogen-bond donors (Lipinski definition) is 1. The first-order valence-corrected chi connectivity index (χ1v) is 8.64. The van der Waals surface area contributed by atoms with Gasteiger partial charge in [-0.15, -0.1) is 0 Å². The Morgan fingerprint density at radius 3 is 2.55 bits per heavy atom. The van der Waals surface area contributed by atoms with Gasteiger partial charge in [-0.1, -0.05) is 12.1 Å². The van der Waals surface area contributed by atoms with Crippen LogP contribution in [0, 0.1) is 5.82 Å². The number of rotatable bonds is 4. The summed E-state index contributed by atoms with van der Waals surface area (Å²) >= 11 is 0. The molecule has 0 radical (unpaired) electrons. The van der Waals surface area contributed by atoms with Crippen LogP contribution >= 0.6 is 0 Å². The minimum absolute atomic E-state index is 0.0478. The lowest BCUT2D eigenvalue weighted by Gasteiger charge is -2.31. The van der Waals surface area contributed by atoms with Gasteiger partial charge in [0.15, 0.2) is 9.84 Å². The number of halogens is 1. The smallest absolute Gasteiger partial charge is 0.178 e. The van der Waals surface area contributed by atoms with Crippen molar-refractivity contribution in [1.82, 2.24) is 4.90 Å². The first-order chi connectivity index (χ1) is 9.43. The lowest BCUT2D eigenvalue weighted by molar-refractivity contribution is 0.163. The van der Waals surface area contributed by atoms with Gasteiger partial charge in [0.25, 0.3) is 0 Å². The Balaban J connectivity index is 2.19. The van der Waals surface area contributed by atoms with Crippen LogP contribution in [0.25, 0.3) is 0 Å². The molecule has 1 N–H and O–H groups in total. The van der Waals surface area contributed by atoms with E-state index in [1.54, 1.807) is 12.1 Å². The van der Waals surface area contributed by atoms with E-state index >= 15 is 0 Å². The average Bonchev–Trinajstić information content (AvgIpc) is 2.39. The molecule has 6 heteroatoms. The second-order valence-corrected chi connectivity index (χ2v) is 7.26. The monoisotopic (exact) mass is 301 g/mol. The van der Waals surface area contributed by atoms with E-state index in [1.165, 1.54) is 6.07 Å². The predicted octanol–water partition coefficient (Wildman–Crippen LogP) is 1.40. The molecule has 0 amide bonds. The van der Waals surface area contributed by atoms with Gasteiger partial charge in [-0.25, -0.2) is 12.8 Å². The van der Waals surface area contributed by atoms with Crippen LogP contribution in [0.15, 0.2) is 23.1 Å². The van der Waals surface area contributed by atoms with Gasteiger partial charge in [-0.2, -0.15) is 0 Å². The lowest BCUT2D eigenvalue weighted by Crippen LogP contribution is -2.35. The van der Waals surface area contributed by atoms with Crippen LogP contribution in [0.3, 0.4) is 0 Å². The molecule has 1 aromatic carbocycles. The van der Waals surface area contributed by atoms with Crippen LogP contribution in [-0.4, -0.2) is 50.9 Å². The van der Waals surface area contributed by atoms with Crippen molar-refractivity contribution in [2.45, 2.75) is 23.7 Å². The van der Waals surface area contributed by atoms with Gasteiger partial charge < -0.3 is 10.0 Å². The molecule has 1 heterocycles. The Bertz CT molecular complexity index is 566. The van der Waals surface area contributed by atoms with E-state index in [0.29, 0.717) is 12.1 Å². The number of aliphatic hydroxyl groups is 1. The SMILES string of the molecule is CS(=O)(=O)c1cccc(C2CCN(CCO)CC2)c1F. The highest BCUT2D eigenvalue weighted by Crippen LogP contribution is 2.32. The normalized spacial score (nSPS) is 18.4. The maximum Gasteiger partial charge on any atom is 0.178 e. The van der Waals surface area contributed by atoms with Crippen molar-refractivity contribution in [2.24, 2.45) is 0 Å². The molecule has 0 bridgehead atoms. The number of piperidine rings is 1. The molecule has 2 rings (SSSR count). The van der Waals surface area contributed by atoms with Crippen LogP contribution in [0.5, 0.6) is 0 Å². The molecule has 1 fully saturated rings. The molecule has 1 aliphatic heterocycles. The van der Waals surface area contributed by atoms with Crippen molar-refractivity contribution in [3.05, 3.63) is 29.6 Å². The van der Waals surface area contributed by atoms with Gasteiger partial charge >= 0.3 is 0 Å². The lowest BCUT2D eigenvalue weighted by atomic mass is 9.89. The maximum atomic E-state index is 14.4. The van der Waals surface area contributed by atoms with Crippen LogP contribution in [0.2, 0.25) is 0 Å². The fourth-order valence-electron chi connectivity index (χ4n) is 2.74. The van der Waals surface area contributed by atoms with Crippen molar-refractivity contribution < 1.29 is 17.9 Å². The summed E-state index contributed by atoms with van der Waals surface area (Å²) in [5, 5.41) is 8.90. The topological polar surface area (TPSA) is 57.6 Å². The second-order valence-electron chi connectivity index (χ2n) is 5.27. The van der Waals surface area contributed by atoms with Crippen molar-refractivity contribution >= 4 is 9.84 Å². The molecule has 0 spiro atoms. The standard InChI is InChI=1S/C14H20FNO3S/c1-20(18,19)13-4-2-3-12(14(13)15)11-5-7-16(8-6-11)9-10-17/h2-4,11,17H,5-10H2,1H3. The molecule has 1 aliphatic rings. The molecule has 0 unspecified atom stereocenters. The van der Waals surface area contributed by atoms with Gasteiger partial charge in [-0.3, -0.25) is 0 Å². The van der Waals surface area contributed by atoms with Crippen LogP contribution < -0.4 is 0 Å². The van der Waals surface area contributed by atoms with Gasteiger partial charge in [0.1, 0.15) is 10.7 Å². The van der Waals surface area contributed by atoms with E-state index in [2.05, 4.69) is 4.90 Å². The summed E-state index contributed by atoms with van der Waals surface area (Å²) in [5.41, 5.74) is 0.497. The highest BCUT2D eigenvalue weighted by molar-refractivity contribution is 7.90. The molecule has 20 heavy (non-hydrogen) atoms. The summed E-state index contributed by atoms with van der Waals surface area (Å²) in [5.74, 6) is -0.553. The molecule has 112 valence electrons. The fraction of sp³-hybridized carbons (Fsp3) is 0.571. The fourth-order valence-corrected chi connectivity index (χ4v) is 3.51. The zero-order valence-corrected chi connectivity index (χ0v) is 12.4.